The fraction of sp³-hybridized carbons (Fsp3) is 0.0667. The molecule has 0 atom stereocenters. The Balaban J connectivity index is 1.47. The molecule has 7 aromatic rings. The van der Waals surface area contributed by atoms with Crippen LogP contribution in [0.15, 0.2) is 122 Å². The average molecular weight is 660 g/mol. The highest BCUT2D eigenvalue weighted by Gasteiger charge is 2.19. The predicted molar refractivity (Wildman–Crippen MR) is 209 cm³/mol. The predicted octanol–water partition coefficient (Wildman–Crippen LogP) is 10.2. The van der Waals surface area contributed by atoms with Crippen molar-refractivity contribution < 1.29 is 4.57 Å². The van der Waals surface area contributed by atoms with Gasteiger partial charge < -0.3 is 9.97 Å². The zero-order valence-corrected chi connectivity index (χ0v) is 28.6. The molecule has 5 aromatic heterocycles. The smallest absolute Gasteiger partial charge is 0.169 e. The number of fused-ring (bicyclic) bond motifs is 8. The van der Waals surface area contributed by atoms with Gasteiger partial charge in [0, 0.05) is 68.8 Å². The lowest BCUT2D eigenvalue weighted by Gasteiger charge is -2.07. The van der Waals surface area contributed by atoms with Crippen LogP contribution in [0.2, 0.25) is 0 Å². The van der Waals surface area contributed by atoms with Gasteiger partial charge in [-0.3, -0.25) is 4.98 Å². The number of hydrogen-bond acceptors (Lipinski definition) is 3. The molecule has 2 aromatic carbocycles. The third-order valence-electron chi connectivity index (χ3n) is 9.67. The van der Waals surface area contributed by atoms with Crippen LogP contribution in [-0.4, -0.2) is 24.9 Å². The number of nitrogens with zero attached hydrogens (tertiary/aromatic N) is 4. The van der Waals surface area contributed by atoms with Crippen LogP contribution in [-0.2, 0) is 7.05 Å². The number of hydrogen-bond donors (Lipinski definition) is 2. The minimum Gasteiger partial charge on any atom is -0.354 e. The van der Waals surface area contributed by atoms with E-state index in [1.165, 1.54) is 11.1 Å². The van der Waals surface area contributed by atoms with Crippen molar-refractivity contribution >= 4 is 46.4 Å². The molecule has 0 saturated carbocycles. The lowest BCUT2D eigenvalue weighted by Crippen LogP contribution is -2.25. The molecule has 0 amide bonds. The first-order valence-electron chi connectivity index (χ1n) is 17.1. The zero-order valence-electron chi connectivity index (χ0n) is 28.6. The van der Waals surface area contributed by atoms with Crippen molar-refractivity contribution in [3.63, 3.8) is 0 Å². The van der Waals surface area contributed by atoms with E-state index in [9.17, 15) is 0 Å². The zero-order chi connectivity index (χ0) is 34.5. The SMILES string of the molecule is Cc1ccc(-c2c3nc(c(-c4ccncc4)c4nc(c(-c5ccc(C)cc5)c5ccc([nH]5)c(-c5cc[n+](C)cc5)c5ccc2[nH]5)C=C4)C=C3)cc1. The molecular formula is C45H35N6+. The molecule has 7 heterocycles. The average Bonchev–Trinajstić information content (AvgIpc) is 3.99. The summed E-state index contributed by atoms with van der Waals surface area (Å²) in [5.41, 5.74) is 18.3. The van der Waals surface area contributed by atoms with Gasteiger partial charge in [0.15, 0.2) is 12.4 Å². The van der Waals surface area contributed by atoms with Crippen LogP contribution in [0.3, 0.4) is 0 Å². The van der Waals surface area contributed by atoms with Gasteiger partial charge in [0.1, 0.15) is 7.05 Å². The molecule has 0 radical (unpaired) electrons. The molecule has 6 nitrogen and oxygen atoms in total. The number of H-pyrrole nitrogens is 2. The Labute approximate surface area is 296 Å². The van der Waals surface area contributed by atoms with E-state index in [1.807, 2.05) is 31.6 Å². The first-order chi connectivity index (χ1) is 25.0. The molecule has 0 fully saturated rings. The van der Waals surface area contributed by atoms with Crippen molar-refractivity contribution in [2.24, 2.45) is 7.05 Å². The quantitative estimate of drug-likeness (QED) is 0.185. The van der Waals surface area contributed by atoms with E-state index in [0.717, 1.165) is 89.4 Å². The minimum atomic E-state index is 0.854. The minimum absolute atomic E-state index is 0.854. The summed E-state index contributed by atoms with van der Waals surface area (Å²) >= 11 is 0. The summed E-state index contributed by atoms with van der Waals surface area (Å²) in [5, 5.41) is 0. The Bertz CT molecular complexity index is 2530. The molecule has 2 aliphatic rings. The second-order valence-corrected chi connectivity index (χ2v) is 13.2. The number of benzene rings is 2. The van der Waals surface area contributed by atoms with Gasteiger partial charge in [0.05, 0.1) is 22.8 Å². The van der Waals surface area contributed by atoms with E-state index in [-0.39, 0.29) is 0 Å². The van der Waals surface area contributed by atoms with Gasteiger partial charge in [-0.1, -0.05) is 59.7 Å². The maximum absolute atomic E-state index is 5.35. The van der Waals surface area contributed by atoms with Gasteiger partial charge in [-0.2, -0.15) is 0 Å². The van der Waals surface area contributed by atoms with Gasteiger partial charge in [-0.25, -0.2) is 14.5 Å². The van der Waals surface area contributed by atoms with Crippen molar-refractivity contribution in [1.29, 1.82) is 0 Å². The summed E-state index contributed by atoms with van der Waals surface area (Å²) in [6.07, 6.45) is 16.3. The van der Waals surface area contributed by atoms with Gasteiger partial charge >= 0.3 is 0 Å². The molecule has 0 aliphatic carbocycles. The molecule has 0 spiro atoms. The number of aryl methyl sites for hydroxylation is 3. The van der Waals surface area contributed by atoms with Crippen LogP contribution in [0.1, 0.15) is 33.9 Å². The van der Waals surface area contributed by atoms with Crippen molar-refractivity contribution in [2.75, 3.05) is 0 Å². The van der Waals surface area contributed by atoms with E-state index in [2.05, 4.69) is 155 Å². The second-order valence-electron chi connectivity index (χ2n) is 13.2. The monoisotopic (exact) mass is 659 g/mol. The summed E-state index contributed by atoms with van der Waals surface area (Å²) < 4.78 is 2.06. The molecule has 0 saturated heterocycles. The Morgan fingerprint density at radius 3 is 1.24 bits per heavy atom. The molecular weight excluding hydrogens is 625 g/mol. The Morgan fingerprint density at radius 1 is 0.412 bits per heavy atom. The Morgan fingerprint density at radius 2 is 0.784 bits per heavy atom. The maximum Gasteiger partial charge on any atom is 0.169 e. The van der Waals surface area contributed by atoms with Crippen LogP contribution in [0.25, 0.3) is 90.9 Å². The van der Waals surface area contributed by atoms with Crippen molar-refractivity contribution in [1.82, 2.24) is 24.9 Å². The number of aromatic amines is 2. The number of nitrogens with one attached hydrogen (secondary N) is 2. The highest BCUT2D eigenvalue weighted by Crippen LogP contribution is 2.38. The van der Waals surface area contributed by atoms with Crippen molar-refractivity contribution in [2.45, 2.75) is 13.8 Å². The molecule has 0 unspecified atom stereocenters. The topological polar surface area (TPSA) is 74.1 Å². The van der Waals surface area contributed by atoms with E-state index >= 15 is 0 Å². The third kappa shape index (κ3) is 5.57. The molecule has 244 valence electrons. The standard InChI is InChI=1S/C45H34N6/c1-28-4-8-30(9-5-28)42-34-12-16-38(47-34)44(32-20-24-46-25-21-32)39-17-13-35(48-39)43(31-10-6-29(2)7-11-31)37-15-19-41(50-37)45(40-18-14-36(42)49-40)33-22-26-51(3)27-23-33/h4-27H,1-3H3,(H,47,48,49,50)/p+1. The van der Waals surface area contributed by atoms with Crippen molar-refractivity contribution in [3.8, 4) is 44.5 Å². The highest BCUT2D eigenvalue weighted by molar-refractivity contribution is 6.00. The van der Waals surface area contributed by atoms with E-state index in [0.29, 0.717) is 0 Å². The number of pyridine rings is 2. The van der Waals surface area contributed by atoms with Crippen LogP contribution in [0.5, 0.6) is 0 Å². The molecule has 9 rings (SSSR count). The number of rotatable bonds is 4. The van der Waals surface area contributed by atoms with Crippen LogP contribution in [0.4, 0.5) is 0 Å². The van der Waals surface area contributed by atoms with Crippen molar-refractivity contribution in [3.05, 3.63) is 156 Å². The summed E-state index contributed by atoms with van der Waals surface area (Å²) in [5.74, 6) is 0. The molecule has 2 N–H and O–H groups in total. The van der Waals surface area contributed by atoms with Crippen LogP contribution < -0.4 is 4.57 Å². The fourth-order valence-corrected chi connectivity index (χ4v) is 7.05. The molecule has 8 bridgehead atoms. The van der Waals surface area contributed by atoms with Crippen LogP contribution in [0, 0.1) is 13.8 Å². The van der Waals surface area contributed by atoms with Gasteiger partial charge in [-0.05, 0) is 96.8 Å². The Hall–Kier alpha value is -6.66. The summed E-state index contributed by atoms with van der Waals surface area (Å²) in [6, 6.07) is 34.4. The molecule has 6 heteroatoms. The molecule has 2 aliphatic heterocycles. The maximum atomic E-state index is 5.35. The first kappa shape index (κ1) is 30.4. The third-order valence-corrected chi connectivity index (χ3v) is 9.67. The van der Waals surface area contributed by atoms with E-state index < -0.39 is 0 Å². The summed E-state index contributed by atoms with van der Waals surface area (Å²) in [6.45, 7) is 4.23. The summed E-state index contributed by atoms with van der Waals surface area (Å²) in [7, 11) is 2.04. The normalized spacial score (nSPS) is 12.1. The van der Waals surface area contributed by atoms with Gasteiger partial charge in [0.2, 0.25) is 0 Å². The molecule has 51 heavy (non-hydrogen) atoms. The highest BCUT2D eigenvalue weighted by atomic mass is 14.9. The first-order valence-corrected chi connectivity index (χ1v) is 17.1. The largest absolute Gasteiger partial charge is 0.354 e. The lowest BCUT2D eigenvalue weighted by atomic mass is 10.0. The van der Waals surface area contributed by atoms with Gasteiger partial charge in [-0.15, -0.1) is 0 Å². The number of aromatic nitrogens is 6. The second kappa shape index (κ2) is 12.3. The van der Waals surface area contributed by atoms with Gasteiger partial charge in [0.25, 0.3) is 0 Å². The van der Waals surface area contributed by atoms with Crippen LogP contribution >= 0.6 is 0 Å². The van der Waals surface area contributed by atoms with E-state index in [1.54, 1.807) is 0 Å². The van der Waals surface area contributed by atoms with E-state index in [4.69, 9.17) is 9.97 Å². The Kier molecular flexibility index (Phi) is 7.36. The summed E-state index contributed by atoms with van der Waals surface area (Å²) in [4.78, 5) is 22.7. The fourth-order valence-electron chi connectivity index (χ4n) is 7.05. The lowest BCUT2D eigenvalue weighted by molar-refractivity contribution is -0.671.